The van der Waals surface area contributed by atoms with Crippen LogP contribution in [0.3, 0.4) is 0 Å². The molecule has 0 rings (SSSR count). The van der Waals surface area contributed by atoms with Gasteiger partial charge in [-0.1, -0.05) is 84.0 Å². The van der Waals surface area contributed by atoms with E-state index >= 15 is 0 Å². The molecule has 0 amide bonds. The molecule has 0 aromatic carbocycles. The predicted molar refractivity (Wildman–Crippen MR) is 80.3 cm³/mol. The summed E-state index contributed by atoms with van der Waals surface area (Å²) >= 11 is 0. The Bertz CT molecular complexity index is 279. The zero-order chi connectivity index (χ0) is 14.4. The van der Waals surface area contributed by atoms with E-state index in [-0.39, 0.29) is 28.1 Å². The molecule has 0 atom stereocenters. The number of hydrogen-bond acceptors (Lipinski definition) is 3. The van der Waals surface area contributed by atoms with E-state index in [0.717, 1.165) is 12.8 Å². The SMILES string of the molecule is CCCCCCCCCCCCCCCS(=O)(=O)[O-].[Ag+]. The quantitative estimate of drug-likeness (QED) is 0.243. The minimum atomic E-state index is -3.99. The average Bonchev–Trinajstić information content (AvgIpc) is 2.34. The van der Waals surface area contributed by atoms with Crippen LogP contribution in [-0.2, 0) is 32.5 Å². The zero-order valence-electron chi connectivity index (χ0n) is 12.8. The van der Waals surface area contributed by atoms with Gasteiger partial charge >= 0.3 is 22.4 Å². The Hall–Kier alpha value is 0.650. The maximum atomic E-state index is 10.4. The summed E-state index contributed by atoms with van der Waals surface area (Å²) in [5.41, 5.74) is 0. The fourth-order valence-corrected chi connectivity index (χ4v) is 2.85. The van der Waals surface area contributed by atoms with Crippen LogP contribution in [-0.4, -0.2) is 18.7 Å². The molecule has 0 bridgehead atoms. The van der Waals surface area contributed by atoms with E-state index in [1.165, 1.54) is 64.2 Å². The van der Waals surface area contributed by atoms with Gasteiger partial charge in [0.05, 0.1) is 10.1 Å². The third kappa shape index (κ3) is 21.0. The minimum Gasteiger partial charge on any atom is -0.748 e. The Morgan fingerprint density at radius 2 is 0.950 bits per heavy atom. The van der Waals surface area contributed by atoms with Crippen LogP contribution in [0.2, 0.25) is 0 Å². The van der Waals surface area contributed by atoms with E-state index in [2.05, 4.69) is 6.92 Å². The molecule has 0 radical (unpaired) electrons. The zero-order valence-corrected chi connectivity index (χ0v) is 15.1. The van der Waals surface area contributed by atoms with E-state index in [1.807, 2.05) is 0 Å². The van der Waals surface area contributed by atoms with Crippen LogP contribution in [0.15, 0.2) is 0 Å². The first-order chi connectivity index (χ1) is 9.06. The minimum absolute atomic E-state index is 0. The van der Waals surface area contributed by atoms with Gasteiger partial charge in [0.15, 0.2) is 0 Å². The molecule has 5 heteroatoms. The molecule has 126 valence electrons. The van der Waals surface area contributed by atoms with E-state index in [1.54, 1.807) is 0 Å². The molecule has 3 nitrogen and oxygen atoms in total. The first-order valence-corrected chi connectivity index (χ1v) is 9.57. The van der Waals surface area contributed by atoms with Crippen molar-refractivity contribution in [2.24, 2.45) is 0 Å². The summed E-state index contributed by atoms with van der Waals surface area (Å²) in [7, 11) is -3.99. The first-order valence-electron chi connectivity index (χ1n) is 8.00. The summed E-state index contributed by atoms with van der Waals surface area (Å²) in [6.07, 6.45) is 15.7. The molecule has 0 unspecified atom stereocenters. The monoisotopic (exact) mass is 398 g/mol. The maximum absolute atomic E-state index is 10.4. The summed E-state index contributed by atoms with van der Waals surface area (Å²) in [5, 5.41) is 0. The van der Waals surface area contributed by atoms with Crippen LogP contribution in [0.1, 0.15) is 90.4 Å². The van der Waals surface area contributed by atoms with Gasteiger partial charge in [-0.25, -0.2) is 8.42 Å². The molecule has 0 heterocycles. The fourth-order valence-electron chi connectivity index (χ4n) is 2.30. The largest absolute Gasteiger partial charge is 1.00 e. The van der Waals surface area contributed by atoms with E-state index in [4.69, 9.17) is 0 Å². The van der Waals surface area contributed by atoms with E-state index in [0.29, 0.717) is 6.42 Å². The Balaban J connectivity index is 0. The third-order valence-electron chi connectivity index (χ3n) is 3.50. The molecule has 0 saturated carbocycles. The van der Waals surface area contributed by atoms with Gasteiger partial charge in [-0.05, 0) is 6.42 Å². The molecule has 20 heavy (non-hydrogen) atoms. The van der Waals surface area contributed by atoms with Crippen LogP contribution in [0.25, 0.3) is 0 Å². The molecule has 0 N–H and O–H groups in total. The van der Waals surface area contributed by atoms with Gasteiger partial charge in [-0.2, -0.15) is 0 Å². The molecule has 0 spiro atoms. The van der Waals surface area contributed by atoms with Gasteiger partial charge in [-0.15, -0.1) is 0 Å². The maximum Gasteiger partial charge on any atom is 1.00 e. The van der Waals surface area contributed by atoms with Gasteiger partial charge < -0.3 is 4.55 Å². The second-order valence-electron chi connectivity index (χ2n) is 5.50. The summed E-state index contributed by atoms with van der Waals surface area (Å²) in [6.45, 7) is 2.24. The van der Waals surface area contributed by atoms with Crippen LogP contribution in [0.5, 0.6) is 0 Å². The van der Waals surface area contributed by atoms with E-state index < -0.39 is 10.1 Å². The molecule has 0 saturated heterocycles. The van der Waals surface area contributed by atoms with Gasteiger partial charge in [0.2, 0.25) is 0 Å². The Morgan fingerprint density at radius 3 is 1.25 bits per heavy atom. The van der Waals surface area contributed by atoms with Crippen molar-refractivity contribution in [3.8, 4) is 0 Å². The van der Waals surface area contributed by atoms with Crippen molar-refractivity contribution in [3.05, 3.63) is 0 Å². The summed E-state index contributed by atoms with van der Waals surface area (Å²) in [4.78, 5) is 0. The average molecular weight is 399 g/mol. The van der Waals surface area contributed by atoms with Crippen molar-refractivity contribution < 1.29 is 35.4 Å². The van der Waals surface area contributed by atoms with Crippen molar-refractivity contribution in [3.63, 3.8) is 0 Å². The number of rotatable bonds is 14. The van der Waals surface area contributed by atoms with Gasteiger partial charge in [0.1, 0.15) is 0 Å². The summed E-state index contributed by atoms with van der Waals surface area (Å²) in [6, 6.07) is 0. The van der Waals surface area contributed by atoms with Crippen LogP contribution < -0.4 is 0 Å². The molecule has 0 aromatic heterocycles. The normalized spacial score (nSPS) is 11.3. The topological polar surface area (TPSA) is 57.2 Å². The molecule has 0 aliphatic rings. The van der Waals surface area contributed by atoms with Gasteiger partial charge in [0.25, 0.3) is 0 Å². The van der Waals surface area contributed by atoms with Crippen molar-refractivity contribution in [2.75, 3.05) is 5.75 Å². The second kappa shape index (κ2) is 16.0. The van der Waals surface area contributed by atoms with Crippen LogP contribution in [0.4, 0.5) is 0 Å². The molecule has 0 aromatic rings. The molecular formula is C15H31AgO3S. The predicted octanol–water partition coefficient (Wildman–Crippen LogP) is 4.62. The Kier molecular flexibility index (Phi) is 18.4. The third-order valence-corrected chi connectivity index (χ3v) is 4.29. The summed E-state index contributed by atoms with van der Waals surface area (Å²) in [5.74, 6) is -0.190. The molecule has 0 aliphatic heterocycles. The smallest absolute Gasteiger partial charge is 0.748 e. The fraction of sp³-hybridized carbons (Fsp3) is 1.00. The molecule has 0 aliphatic carbocycles. The molecule has 0 fully saturated rings. The van der Waals surface area contributed by atoms with E-state index in [9.17, 15) is 13.0 Å². The van der Waals surface area contributed by atoms with Gasteiger partial charge in [0, 0.05) is 5.75 Å². The van der Waals surface area contributed by atoms with Crippen LogP contribution in [0, 0.1) is 0 Å². The van der Waals surface area contributed by atoms with Crippen molar-refractivity contribution in [1.29, 1.82) is 0 Å². The standard InChI is InChI=1S/C15H32O3S.Ag/c1-2-3-4-5-6-7-8-9-10-11-12-13-14-15-19(16,17)18;/h2-15H2,1H3,(H,16,17,18);/q;+1/p-1. The Morgan fingerprint density at radius 1 is 0.650 bits per heavy atom. The van der Waals surface area contributed by atoms with Gasteiger partial charge in [-0.3, -0.25) is 0 Å². The molecular weight excluding hydrogens is 368 g/mol. The second-order valence-corrected chi connectivity index (χ2v) is 7.03. The van der Waals surface area contributed by atoms with Crippen molar-refractivity contribution >= 4 is 10.1 Å². The van der Waals surface area contributed by atoms with Crippen molar-refractivity contribution in [2.45, 2.75) is 90.4 Å². The number of hydrogen-bond donors (Lipinski definition) is 0. The Labute approximate surface area is 141 Å². The van der Waals surface area contributed by atoms with Crippen molar-refractivity contribution in [1.82, 2.24) is 0 Å². The first kappa shape index (κ1) is 22.9. The number of unbranched alkanes of at least 4 members (excludes halogenated alkanes) is 12. The summed E-state index contributed by atoms with van der Waals surface area (Å²) < 4.78 is 31.1. The van der Waals surface area contributed by atoms with Crippen LogP contribution >= 0.6 is 0 Å².